The van der Waals surface area contributed by atoms with Crippen LogP contribution in [0.3, 0.4) is 0 Å². The van der Waals surface area contributed by atoms with Gasteiger partial charge in [0.1, 0.15) is 6.04 Å². The zero-order chi connectivity index (χ0) is 12.7. The van der Waals surface area contributed by atoms with Gasteiger partial charge in [-0.25, -0.2) is 0 Å². The van der Waals surface area contributed by atoms with Crippen LogP contribution in [0, 0.1) is 5.92 Å². The van der Waals surface area contributed by atoms with E-state index in [1.807, 2.05) is 6.92 Å². The molecule has 1 atom stereocenters. The summed E-state index contributed by atoms with van der Waals surface area (Å²) in [5, 5.41) is 8.70. The normalized spacial score (nSPS) is 18.5. The van der Waals surface area contributed by atoms with Gasteiger partial charge >= 0.3 is 0 Å². The minimum Gasteiger partial charge on any atom is -0.355 e. The largest absolute Gasteiger partial charge is 0.355 e. The Kier molecular flexibility index (Phi) is 5.97. The van der Waals surface area contributed by atoms with Crippen molar-refractivity contribution in [1.29, 1.82) is 0 Å². The van der Waals surface area contributed by atoms with Gasteiger partial charge in [-0.05, 0) is 45.7 Å². The highest BCUT2D eigenvalue weighted by Crippen LogP contribution is 2.15. The molecule has 1 aliphatic heterocycles. The lowest BCUT2D eigenvalue weighted by molar-refractivity contribution is -0.129. The summed E-state index contributed by atoms with van der Waals surface area (Å²) in [4.78, 5) is 23.2. The van der Waals surface area contributed by atoms with Gasteiger partial charge in [0.25, 0.3) is 0 Å². The van der Waals surface area contributed by atoms with Crippen LogP contribution in [0.2, 0.25) is 0 Å². The molecule has 5 nitrogen and oxygen atoms in total. The SMILES string of the molecule is CCNC(=O)C(C)NC(=O)CC1CCNCC1. The van der Waals surface area contributed by atoms with E-state index < -0.39 is 6.04 Å². The van der Waals surface area contributed by atoms with Gasteiger partial charge in [0.05, 0.1) is 0 Å². The molecule has 0 aromatic carbocycles. The van der Waals surface area contributed by atoms with Crippen LogP contribution in [0.5, 0.6) is 0 Å². The van der Waals surface area contributed by atoms with Crippen LogP contribution in [0.1, 0.15) is 33.1 Å². The molecule has 1 aliphatic rings. The predicted molar refractivity (Wildman–Crippen MR) is 66.5 cm³/mol. The minimum atomic E-state index is -0.441. The van der Waals surface area contributed by atoms with Crippen LogP contribution in [-0.4, -0.2) is 37.5 Å². The van der Waals surface area contributed by atoms with Crippen LogP contribution in [0.25, 0.3) is 0 Å². The first kappa shape index (κ1) is 14.0. The molecule has 2 amide bonds. The zero-order valence-electron chi connectivity index (χ0n) is 10.7. The number of hydrogen-bond acceptors (Lipinski definition) is 3. The Hall–Kier alpha value is -1.10. The molecule has 3 N–H and O–H groups in total. The zero-order valence-corrected chi connectivity index (χ0v) is 10.7. The summed E-state index contributed by atoms with van der Waals surface area (Å²) < 4.78 is 0. The third-order valence-electron chi connectivity index (χ3n) is 3.05. The standard InChI is InChI=1S/C12H23N3O2/c1-3-14-12(17)9(2)15-11(16)8-10-4-6-13-7-5-10/h9-10,13H,3-8H2,1-2H3,(H,14,17)(H,15,16). The predicted octanol–water partition coefficient (Wildman–Crippen LogP) is 0.0169. The van der Waals surface area contributed by atoms with E-state index in [9.17, 15) is 9.59 Å². The molecule has 0 bridgehead atoms. The summed E-state index contributed by atoms with van der Waals surface area (Å²) in [5.74, 6) is 0.319. The van der Waals surface area contributed by atoms with E-state index in [1.165, 1.54) is 0 Å². The molecule has 98 valence electrons. The van der Waals surface area contributed by atoms with Crippen molar-refractivity contribution in [2.75, 3.05) is 19.6 Å². The van der Waals surface area contributed by atoms with Crippen LogP contribution in [0.15, 0.2) is 0 Å². The van der Waals surface area contributed by atoms with Crippen LogP contribution in [-0.2, 0) is 9.59 Å². The topological polar surface area (TPSA) is 70.2 Å². The van der Waals surface area contributed by atoms with Gasteiger partial charge in [-0.15, -0.1) is 0 Å². The number of carbonyl (C=O) groups excluding carboxylic acids is 2. The fraction of sp³-hybridized carbons (Fsp3) is 0.833. The van der Waals surface area contributed by atoms with Crippen molar-refractivity contribution in [3.63, 3.8) is 0 Å². The van der Waals surface area contributed by atoms with E-state index >= 15 is 0 Å². The Morgan fingerprint density at radius 2 is 2.00 bits per heavy atom. The highest BCUT2D eigenvalue weighted by atomic mass is 16.2. The third kappa shape index (κ3) is 5.17. The van der Waals surface area contributed by atoms with Crippen molar-refractivity contribution in [3.05, 3.63) is 0 Å². The molecule has 1 saturated heterocycles. The lowest BCUT2D eigenvalue weighted by atomic mass is 9.94. The van der Waals surface area contributed by atoms with Crippen molar-refractivity contribution in [3.8, 4) is 0 Å². The summed E-state index contributed by atoms with van der Waals surface area (Å²) in [6.07, 6.45) is 2.62. The molecule has 1 heterocycles. The summed E-state index contributed by atoms with van der Waals surface area (Å²) in [5.41, 5.74) is 0. The Morgan fingerprint density at radius 1 is 1.35 bits per heavy atom. The Balaban J connectivity index is 2.25. The van der Waals surface area contributed by atoms with E-state index in [4.69, 9.17) is 0 Å². The lowest BCUT2D eigenvalue weighted by Crippen LogP contribution is -2.45. The van der Waals surface area contributed by atoms with Gasteiger partial charge in [0.15, 0.2) is 0 Å². The second-order valence-electron chi connectivity index (χ2n) is 4.58. The number of carbonyl (C=O) groups is 2. The minimum absolute atomic E-state index is 0.0179. The van der Waals surface area contributed by atoms with Crippen molar-refractivity contribution in [2.24, 2.45) is 5.92 Å². The molecule has 0 aliphatic carbocycles. The Morgan fingerprint density at radius 3 is 2.59 bits per heavy atom. The van der Waals surface area contributed by atoms with E-state index in [0.717, 1.165) is 25.9 Å². The van der Waals surface area contributed by atoms with E-state index in [2.05, 4.69) is 16.0 Å². The molecular formula is C12H23N3O2. The third-order valence-corrected chi connectivity index (χ3v) is 3.05. The molecule has 0 aromatic rings. The quantitative estimate of drug-likeness (QED) is 0.635. The molecule has 1 unspecified atom stereocenters. The molecular weight excluding hydrogens is 218 g/mol. The van der Waals surface area contributed by atoms with Gasteiger partial charge in [-0.2, -0.15) is 0 Å². The lowest BCUT2D eigenvalue weighted by Gasteiger charge is -2.22. The average Bonchev–Trinajstić information content (AvgIpc) is 2.30. The van der Waals surface area contributed by atoms with Crippen molar-refractivity contribution in [1.82, 2.24) is 16.0 Å². The summed E-state index contributed by atoms with van der Waals surface area (Å²) in [7, 11) is 0. The second kappa shape index (κ2) is 7.27. The maximum Gasteiger partial charge on any atom is 0.242 e. The highest BCUT2D eigenvalue weighted by Gasteiger charge is 2.19. The molecule has 1 fully saturated rings. The smallest absolute Gasteiger partial charge is 0.242 e. The van der Waals surface area contributed by atoms with Crippen LogP contribution < -0.4 is 16.0 Å². The Labute approximate surface area is 103 Å². The van der Waals surface area contributed by atoms with Crippen molar-refractivity contribution in [2.45, 2.75) is 39.2 Å². The van der Waals surface area contributed by atoms with E-state index in [1.54, 1.807) is 6.92 Å². The molecule has 0 saturated carbocycles. The van der Waals surface area contributed by atoms with Gasteiger partial charge in [0.2, 0.25) is 11.8 Å². The number of nitrogens with one attached hydrogen (secondary N) is 3. The summed E-state index contributed by atoms with van der Waals surface area (Å²) in [6.45, 7) is 6.15. The molecule has 0 aromatic heterocycles. The Bertz CT molecular complexity index is 262. The van der Waals surface area contributed by atoms with Crippen molar-refractivity contribution < 1.29 is 9.59 Å². The van der Waals surface area contributed by atoms with Crippen LogP contribution >= 0.6 is 0 Å². The maximum absolute atomic E-state index is 11.7. The summed E-state index contributed by atoms with van der Waals surface area (Å²) >= 11 is 0. The number of rotatable bonds is 5. The van der Waals surface area contributed by atoms with Gasteiger partial charge in [0, 0.05) is 13.0 Å². The monoisotopic (exact) mass is 241 g/mol. The maximum atomic E-state index is 11.7. The van der Waals surface area contributed by atoms with Crippen molar-refractivity contribution >= 4 is 11.8 Å². The molecule has 0 radical (unpaired) electrons. The second-order valence-corrected chi connectivity index (χ2v) is 4.58. The molecule has 5 heteroatoms. The highest BCUT2D eigenvalue weighted by molar-refractivity contribution is 5.87. The first-order chi connectivity index (χ1) is 8.13. The number of hydrogen-bond donors (Lipinski definition) is 3. The number of amides is 2. The van der Waals surface area contributed by atoms with Crippen LogP contribution in [0.4, 0.5) is 0 Å². The molecule has 17 heavy (non-hydrogen) atoms. The first-order valence-electron chi connectivity index (χ1n) is 6.41. The van der Waals surface area contributed by atoms with Gasteiger partial charge in [-0.3, -0.25) is 9.59 Å². The molecule has 0 spiro atoms. The average molecular weight is 241 g/mol. The fourth-order valence-electron chi connectivity index (χ4n) is 2.04. The number of piperidine rings is 1. The summed E-state index contributed by atoms with van der Waals surface area (Å²) in [6, 6.07) is -0.441. The fourth-order valence-corrected chi connectivity index (χ4v) is 2.04. The van der Waals surface area contributed by atoms with Gasteiger partial charge in [-0.1, -0.05) is 0 Å². The number of likely N-dealkylation sites (N-methyl/N-ethyl adjacent to an activating group) is 1. The molecule has 1 rings (SSSR count). The van der Waals surface area contributed by atoms with Gasteiger partial charge < -0.3 is 16.0 Å². The first-order valence-corrected chi connectivity index (χ1v) is 6.41. The van der Waals surface area contributed by atoms with E-state index in [-0.39, 0.29) is 11.8 Å². The van der Waals surface area contributed by atoms with E-state index in [0.29, 0.717) is 18.9 Å².